The monoisotopic (exact) mass is 437 g/mol. The van der Waals surface area contributed by atoms with Gasteiger partial charge in [-0.25, -0.2) is 0 Å². The average molecular weight is 438 g/mol. The number of hydrogen-bond acceptors (Lipinski definition) is 2. The van der Waals surface area contributed by atoms with Crippen molar-refractivity contribution in [1.82, 2.24) is 14.4 Å². The highest BCUT2D eigenvalue weighted by Gasteiger charge is 2.35. The summed E-state index contributed by atoms with van der Waals surface area (Å²) in [4.78, 5) is 30.5. The maximum absolute atomic E-state index is 13.4. The first-order valence-electron chi connectivity index (χ1n) is 12.2. The quantitative estimate of drug-likeness (QED) is 0.429. The van der Waals surface area contributed by atoms with Crippen LogP contribution in [0, 0.1) is 0 Å². The second-order valence-electron chi connectivity index (χ2n) is 9.21. The Kier molecular flexibility index (Phi) is 8.54. The molecule has 1 aliphatic carbocycles. The molecule has 1 unspecified atom stereocenters. The van der Waals surface area contributed by atoms with Crippen molar-refractivity contribution >= 4 is 11.8 Å². The molecule has 32 heavy (non-hydrogen) atoms. The summed E-state index contributed by atoms with van der Waals surface area (Å²) in [5, 5.41) is 0. The van der Waals surface area contributed by atoms with E-state index < -0.39 is 0 Å². The number of benzene rings is 1. The van der Waals surface area contributed by atoms with Gasteiger partial charge in [-0.1, -0.05) is 38.8 Å². The van der Waals surface area contributed by atoms with Crippen LogP contribution in [0.4, 0.5) is 0 Å². The summed E-state index contributed by atoms with van der Waals surface area (Å²) in [5.41, 5.74) is 3.05. The third kappa shape index (κ3) is 6.24. The van der Waals surface area contributed by atoms with E-state index in [2.05, 4.69) is 36.6 Å². The lowest BCUT2D eigenvalue weighted by atomic mass is 10.0. The van der Waals surface area contributed by atoms with Crippen LogP contribution in [0.2, 0.25) is 0 Å². The minimum absolute atomic E-state index is 0.00627. The van der Waals surface area contributed by atoms with Crippen molar-refractivity contribution in [2.45, 2.75) is 84.3 Å². The summed E-state index contributed by atoms with van der Waals surface area (Å²) in [6.07, 6.45) is 9.57. The van der Waals surface area contributed by atoms with Crippen molar-refractivity contribution in [2.24, 2.45) is 7.05 Å². The lowest BCUT2D eigenvalue weighted by Crippen LogP contribution is -2.47. The standard InChI is InChI=1S/C27H39N3O2/c1-5-7-8-10-22-12-14-23(15-13-22)27(32)29(21(3)6-2)20-26(31)30(24-16-17-24)19-25-11-9-18-28(25)4/h9,11-15,18,21,24H,5-8,10,16-17,19-20H2,1-4H3. The molecule has 1 fully saturated rings. The van der Waals surface area contributed by atoms with Gasteiger partial charge in [0.25, 0.3) is 5.91 Å². The number of amides is 2. The lowest BCUT2D eigenvalue weighted by Gasteiger charge is -2.31. The number of nitrogens with zero attached hydrogens (tertiary/aromatic N) is 3. The number of hydrogen-bond donors (Lipinski definition) is 0. The molecule has 2 amide bonds. The molecule has 174 valence electrons. The average Bonchev–Trinajstić information content (AvgIpc) is 3.56. The maximum Gasteiger partial charge on any atom is 0.254 e. The van der Waals surface area contributed by atoms with Gasteiger partial charge < -0.3 is 14.4 Å². The molecule has 2 aromatic rings. The molecular formula is C27H39N3O2. The van der Waals surface area contributed by atoms with E-state index in [4.69, 9.17) is 0 Å². The van der Waals surface area contributed by atoms with E-state index >= 15 is 0 Å². The van der Waals surface area contributed by atoms with Crippen LogP contribution in [0.5, 0.6) is 0 Å². The molecule has 1 aromatic carbocycles. The first-order valence-corrected chi connectivity index (χ1v) is 12.2. The molecule has 0 saturated heterocycles. The van der Waals surface area contributed by atoms with Gasteiger partial charge in [-0.05, 0) is 68.9 Å². The van der Waals surface area contributed by atoms with Crippen LogP contribution in [0.3, 0.4) is 0 Å². The molecule has 1 aromatic heterocycles. The highest BCUT2D eigenvalue weighted by molar-refractivity contribution is 5.96. The molecular weight excluding hydrogens is 398 g/mol. The van der Waals surface area contributed by atoms with Crippen molar-refractivity contribution in [3.8, 4) is 0 Å². The Balaban J connectivity index is 1.70. The summed E-state index contributed by atoms with van der Waals surface area (Å²) in [6, 6.07) is 12.3. The molecule has 1 atom stereocenters. The van der Waals surface area contributed by atoms with Crippen molar-refractivity contribution in [3.05, 3.63) is 59.4 Å². The van der Waals surface area contributed by atoms with E-state index in [9.17, 15) is 9.59 Å². The van der Waals surface area contributed by atoms with Gasteiger partial charge in [0.05, 0.1) is 6.54 Å². The van der Waals surface area contributed by atoms with Crippen molar-refractivity contribution < 1.29 is 9.59 Å². The topological polar surface area (TPSA) is 45.6 Å². The number of carbonyl (C=O) groups is 2. The summed E-state index contributed by atoms with van der Waals surface area (Å²) in [5.74, 6) is -0.0130. The Morgan fingerprint density at radius 3 is 2.38 bits per heavy atom. The summed E-state index contributed by atoms with van der Waals surface area (Å²) in [7, 11) is 2.01. The second kappa shape index (κ2) is 11.3. The molecule has 0 spiro atoms. The van der Waals surface area contributed by atoms with E-state index in [1.165, 1.54) is 24.8 Å². The number of rotatable bonds is 12. The highest BCUT2D eigenvalue weighted by Crippen LogP contribution is 2.29. The molecule has 0 N–H and O–H groups in total. The summed E-state index contributed by atoms with van der Waals surface area (Å²) in [6.45, 7) is 7.03. The van der Waals surface area contributed by atoms with E-state index in [1.807, 2.05) is 43.3 Å². The number of aromatic nitrogens is 1. The van der Waals surface area contributed by atoms with E-state index in [1.54, 1.807) is 4.90 Å². The molecule has 5 heteroatoms. The van der Waals surface area contributed by atoms with Crippen LogP contribution in [-0.4, -0.2) is 44.8 Å². The zero-order valence-electron chi connectivity index (χ0n) is 20.2. The molecule has 0 bridgehead atoms. The predicted octanol–water partition coefficient (Wildman–Crippen LogP) is 5.19. The van der Waals surface area contributed by atoms with Crippen molar-refractivity contribution in [1.29, 1.82) is 0 Å². The van der Waals surface area contributed by atoms with Gasteiger partial charge in [-0.3, -0.25) is 9.59 Å². The van der Waals surface area contributed by atoms with E-state index in [0.29, 0.717) is 18.2 Å². The fourth-order valence-electron chi connectivity index (χ4n) is 4.09. The van der Waals surface area contributed by atoms with Crippen LogP contribution < -0.4 is 0 Å². The molecule has 0 aliphatic heterocycles. The predicted molar refractivity (Wildman–Crippen MR) is 129 cm³/mol. The van der Waals surface area contributed by atoms with Crippen LogP contribution >= 0.6 is 0 Å². The third-order valence-corrected chi connectivity index (χ3v) is 6.65. The maximum atomic E-state index is 13.4. The Morgan fingerprint density at radius 2 is 1.81 bits per heavy atom. The van der Waals surface area contributed by atoms with Crippen molar-refractivity contribution in [2.75, 3.05) is 6.54 Å². The van der Waals surface area contributed by atoms with Gasteiger partial charge in [0, 0.05) is 36.6 Å². The first kappa shape index (κ1) is 24.1. The van der Waals surface area contributed by atoms with Crippen molar-refractivity contribution in [3.63, 3.8) is 0 Å². The largest absolute Gasteiger partial charge is 0.353 e. The zero-order valence-corrected chi connectivity index (χ0v) is 20.2. The molecule has 1 aliphatic rings. The number of unbranched alkanes of at least 4 members (excludes halogenated alkanes) is 2. The Hall–Kier alpha value is -2.56. The smallest absolute Gasteiger partial charge is 0.254 e. The van der Waals surface area contributed by atoms with Gasteiger partial charge >= 0.3 is 0 Å². The first-order chi connectivity index (χ1) is 15.4. The van der Waals surface area contributed by atoms with Gasteiger partial charge in [0.2, 0.25) is 5.91 Å². The summed E-state index contributed by atoms with van der Waals surface area (Å²) < 4.78 is 2.06. The normalized spacial score (nSPS) is 14.2. The molecule has 3 rings (SSSR count). The molecule has 5 nitrogen and oxygen atoms in total. The van der Waals surface area contributed by atoms with Gasteiger partial charge in [0.15, 0.2) is 0 Å². The zero-order chi connectivity index (χ0) is 23.1. The minimum Gasteiger partial charge on any atom is -0.353 e. The fraction of sp³-hybridized carbons (Fsp3) is 0.556. The lowest BCUT2D eigenvalue weighted by molar-refractivity contribution is -0.133. The second-order valence-corrected chi connectivity index (χ2v) is 9.21. The third-order valence-electron chi connectivity index (χ3n) is 6.65. The molecule has 0 radical (unpaired) electrons. The van der Waals surface area contributed by atoms with Crippen LogP contribution in [-0.2, 0) is 24.8 Å². The Bertz CT molecular complexity index is 883. The van der Waals surface area contributed by atoms with Crippen LogP contribution in [0.25, 0.3) is 0 Å². The van der Waals surface area contributed by atoms with Gasteiger partial charge in [-0.15, -0.1) is 0 Å². The van der Waals surface area contributed by atoms with E-state index in [0.717, 1.165) is 31.4 Å². The number of aryl methyl sites for hydroxylation is 2. The highest BCUT2D eigenvalue weighted by atomic mass is 16.2. The summed E-state index contributed by atoms with van der Waals surface area (Å²) >= 11 is 0. The SMILES string of the molecule is CCCCCc1ccc(C(=O)N(CC(=O)N(Cc2cccn2C)C2CC2)C(C)CC)cc1. The van der Waals surface area contributed by atoms with Crippen LogP contribution in [0.15, 0.2) is 42.6 Å². The Labute approximate surface area is 193 Å². The Morgan fingerprint density at radius 1 is 1.09 bits per heavy atom. The molecule has 1 saturated carbocycles. The minimum atomic E-state index is -0.0533. The van der Waals surface area contributed by atoms with E-state index in [-0.39, 0.29) is 24.4 Å². The van der Waals surface area contributed by atoms with Crippen LogP contribution in [0.1, 0.15) is 80.9 Å². The fourth-order valence-corrected chi connectivity index (χ4v) is 4.09. The number of carbonyl (C=O) groups excluding carboxylic acids is 2. The van der Waals surface area contributed by atoms with Gasteiger partial charge in [0.1, 0.15) is 6.54 Å². The molecule has 1 heterocycles. The van der Waals surface area contributed by atoms with Gasteiger partial charge in [-0.2, -0.15) is 0 Å².